The molecule has 108 valence electrons. The topological polar surface area (TPSA) is 51.3 Å². The van der Waals surface area contributed by atoms with Gasteiger partial charge in [-0.2, -0.15) is 0 Å². The lowest BCUT2D eigenvalue weighted by Crippen LogP contribution is -2.42. The van der Waals surface area contributed by atoms with Gasteiger partial charge in [-0.25, -0.2) is 0 Å². The van der Waals surface area contributed by atoms with E-state index in [0.29, 0.717) is 0 Å². The summed E-state index contributed by atoms with van der Waals surface area (Å²) < 4.78 is 2.18. The van der Waals surface area contributed by atoms with Gasteiger partial charge in [-0.3, -0.25) is 4.79 Å². The zero-order valence-corrected chi connectivity index (χ0v) is 12.8. The van der Waals surface area contributed by atoms with Crippen LogP contribution < -0.4 is 5.73 Å². The van der Waals surface area contributed by atoms with Crippen molar-refractivity contribution in [3.05, 3.63) is 23.0 Å². The maximum Gasteiger partial charge on any atom is 0.255 e. The van der Waals surface area contributed by atoms with E-state index in [1.165, 1.54) is 0 Å². The summed E-state index contributed by atoms with van der Waals surface area (Å²) in [4.78, 5) is 14.4. The lowest BCUT2D eigenvalue weighted by molar-refractivity contribution is 0.0714. The number of halogens is 1. The molecule has 0 aromatic carbocycles. The minimum absolute atomic E-state index is 0. The Morgan fingerprint density at radius 1 is 1.37 bits per heavy atom. The van der Waals surface area contributed by atoms with Gasteiger partial charge in [-0.05, 0) is 39.7 Å². The largest absolute Gasteiger partial charge is 0.349 e. The summed E-state index contributed by atoms with van der Waals surface area (Å²) in [6, 6.07) is 2.27. The van der Waals surface area contributed by atoms with Gasteiger partial charge in [0.25, 0.3) is 5.91 Å². The number of nitrogens with two attached hydrogens (primary N) is 1. The van der Waals surface area contributed by atoms with Crippen LogP contribution in [0.15, 0.2) is 6.07 Å². The van der Waals surface area contributed by atoms with Gasteiger partial charge in [0.1, 0.15) is 0 Å². The third kappa shape index (κ3) is 3.12. The number of carbonyl (C=O) groups excluding carboxylic acids is 1. The van der Waals surface area contributed by atoms with Gasteiger partial charge in [-0.15, -0.1) is 12.4 Å². The first-order valence-corrected chi connectivity index (χ1v) is 6.76. The summed E-state index contributed by atoms with van der Waals surface area (Å²) in [6.07, 6.45) is 1.83. The molecular weight excluding hydrogens is 262 g/mol. The highest BCUT2D eigenvalue weighted by Crippen LogP contribution is 2.19. The lowest BCUT2D eigenvalue weighted by Gasteiger charge is -2.30. The Morgan fingerprint density at radius 2 is 1.95 bits per heavy atom. The molecule has 0 atom stereocenters. The van der Waals surface area contributed by atoms with Gasteiger partial charge in [0, 0.05) is 37.1 Å². The van der Waals surface area contributed by atoms with Gasteiger partial charge >= 0.3 is 0 Å². The van der Waals surface area contributed by atoms with Crippen LogP contribution >= 0.6 is 12.4 Å². The van der Waals surface area contributed by atoms with Crippen LogP contribution in [0.3, 0.4) is 0 Å². The van der Waals surface area contributed by atoms with Crippen LogP contribution in [0.25, 0.3) is 0 Å². The van der Waals surface area contributed by atoms with Crippen LogP contribution in [-0.2, 0) is 6.54 Å². The molecule has 4 nitrogen and oxygen atoms in total. The van der Waals surface area contributed by atoms with Crippen LogP contribution in [0.4, 0.5) is 0 Å². The Morgan fingerprint density at radius 3 is 2.42 bits per heavy atom. The molecule has 0 spiro atoms. The fraction of sp³-hybridized carbons (Fsp3) is 0.643. The summed E-state index contributed by atoms with van der Waals surface area (Å²) in [5.74, 6) is 0.162. The molecule has 0 unspecified atom stereocenters. The molecule has 5 heteroatoms. The minimum Gasteiger partial charge on any atom is -0.349 e. The number of amides is 1. The molecule has 2 rings (SSSR count). The zero-order chi connectivity index (χ0) is 13.3. The molecule has 2 heterocycles. The van der Waals surface area contributed by atoms with Crippen LogP contribution in [0.2, 0.25) is 0 Å². The molecule has 1 fully saturated rings. The van der Waals surface area contributed by atoms with Crippen molar-refractivity contribution >= 4 is 18.3 Å². The Labute approximate surface area is 121 Å². The number of likely N-dealkylation sites (tertiary alicyclic amines) is 1. The molecule has 1 saturated heterocycles. The molecule has 0 saturated carbocycles. The number of rotatable bonds is 2. The van der Waals surface area contributed by atoms with Crippen molar-refractivity contribution in [3.8, 4) is 0 Å². The summed E-state index contributed by atoms with van der Waals surface area (Å²) in [7, 11) is 0. The van der Waals surface area contributed by atoms with Gasteiger partial charge in [0.2, 0.25) is 0 Å². The third-order valence-electron chi connectivity index (χ3n) is 3.95. The molecule has 1 aromatic rings. The molecule has 1 aromatic heterocycles. The maximum absolute atomic E-state index is 12.5. The molecule has 0 radical (unpaired) electrons. The van der Waals surface area contributed by atoms with Crippen molar-refractivity contribution in [1.29, 1.82) is 0 Å². The van der Waals surface area contributed by atoms with E-state index in [0.717, 1.165) is 49.4 Å². The quantitative estimate of drug-likeness (QED) is 0.905. The summed E-state index contributed by atoms with van der Waals surface area (Å²) in [6.45, 7) is 8.67. The summed E-state index contributed by atoms with van der Waals surface area (Å²) >= 11 is 0. The fourth-order valence-electron chi connectivity index (χ4n) is 2.78. The van der Waals surface area contributed by atoms with Crippen molar-refractivity contribution in [3.63, 3.8) is 0 Å². The summed E-state index contributed by atoms with van der Waals surface area (Å²) in [5, 5.41) is 0. The molecule has 0 aliphatic carbocycles. The molecule has 19 heavy (non-hydrogen) atoms. The standard InChI is InChI=1S/C14H23N3O.ClH/c1-4-17-10(2)9-13(11(17)3)14(18)16-7-5-12(15)6-8-16;/h9,12H,4-8,15H2,1-3H3;1H. The van der Waals surface area contributed by atoms with Gasteiger partial charge in [-0.1, -0.05) is 0 Å². The van der Waals surface area contributed by atoms with Gasteiger partial charge in [0.05, 0.1) is 5.56 Å². The van der Waals surface area contributed by atoms with Crippen molar-refractivity contribution in [2.24, 2.45) is 5.73 Å². The first-order chi connectivity index (χ1) is 8.54. The minimum atomic E-state index is 0. The monoisotopic (exact) mass is 285 g/mol. The van der Waals surface area contributed by atoms with E-state index in [2.05, 4.69) is 18.4 Å². The highest BCUT2D eigenvalue weighted by molar-refractivity contribution is 5.95. The van der Waals surface area contributed by atoms with Gasteiger partial charge in [0.15, 0.2) is 0 Å². The molecular formula is C14H24ClN3O. The number of piperidine rings is 1. The third-order valence-corrected chi connectivity index (χ3v) is 3.95. The van der Waals surface area contributed by atoms with E-state index in [9.17, 15) is 4.79 Å². The lowest BCUT2D eigenvalue weighted by atomic mass is 10.1. The van der Waals surface area contributed by atoms with Crippen LogP contribution in [0.1, 0.15) is 41.5 Å². The second kappa shape index (κ2) is 6.44. The van der Waals surface area contributed by atoms with E-state index < -0.39 is 0 Å². The van der Waals surface area contributed by atoms with Crippen molar-refractivity contribution in [2.75, 3.05) is 13.1 Å². The number of aryl methyl sites for hydroxylation is 1. The van der Waals surface area contributed by atoms with E-state index >= 15 is 0 Å². The number of hydrogen-bond donors (Lipinski definition) is 1. The SMILES string of the molecule is CCn1c(C)cc(C(=O)N2CCC(N)CC2)c1C.Cl. The van der Waals surface area contributed by atoms with Crippen LogP contribution in [0, 0.1) is 13.8 Å². The second-order valence-electron chi connectivity index (χ2n) is 5.16. The first kappa shape index (κ1) is 16.1. The highest BCUT2D eigenvalue weighted by Gasteiger charge is 2.24. The first-order valence-electron chi connectivity index (χ1n) is 6.76. The van der Waals surface area contributed by atoms with Crippen molar-refractivity contribution < 1.29 is 4.79 Å². The Hall–Kier alpha value is -1.00. The number of carbonyl (C=O) groups is 1. The molecule has 2 N–H and O–H groups in total. The molecule has 1 amide bonds. The number of hydrogen-bond acceptors (Lipinski definition) is 2. The molecule has 1 aliphatic rings. The highest BCUT2D eigenvalue weighted by atomic mass is 35.5. The summed E-state index contributed by atoms with van der Waals surface area (Å²) in [5.41, 5.74) is 8.96. The van der Waals surface area contributed by atoms with Crippen LogP contribution in [-0.4, -0.2) is 34.5 Å². The second-order valence-corrected chi connectivity index (χ2v) is 5.16. The van der Waals surface area contributed by atoms with E-state index in [-0.39, 0.29) is 24.4 Å². The average molecular weight is 286 g/mol. The van der Waals surface area contributed by atoms with Crippen LogP contribution in [0.5, 0.6) is 0 Å². The van der Waals surface area contributed by atoms with E-state index in [1.54, 1.807) is 0 Å². The Bertz CT molecular complexity index is 448. The number of nitrogens with zero attached hydrogens (tertiary/aromatic N) is 2. The number of aromatic nitrogens is 1. The van der Waals surface area contributed by atoms with Crippen molar-refractivity contribution in [2.45, 2.75) is 46.2 Å². The van der Waals surface area contributed by atoms with Gasteiger partial charge < -0.3 is 15.2 Å². The predicted molar refractivity (Wildman–Crippen MR) is 79.9 cm³/mol. The molecule has 0 bridgehead atoms. The van der Waals surface area contributed by atoms with E-state index in [4.69, 9.17) is 5.73 Å². The predicted octanol–water partition coefficient (Wildman–Crippen LogP) is 2.11. The van der Waals surface area contributed by atoms with Crippen molar-refractivity contribution in [1.82, 2.24) is 9.47 Å². The average Bonchev–Trinajstić information content (AvgIpc) is 2.64. The van der Waals surface area contributed by atoms with E-state index in [1.807, 2.05) is 17.9 Å². The Kier molecular flexibility index (Phi) is 5.44. The normalized spacial score (nSPS) is 16.3. The maximum atomic E-state index is 12.5. The Balaban J connectivity index is 0.00000180. The smallest absolute Gasteiger partial charge is 0.255 e. The molecule has 1 aliphatic heterocycles. The fourth-order valence-corrected chi connectivity index (χ4v) is 2.78. The zero-order valence-electron chi connectivity index (χ0n) is 12.0.